The third-order valence-electron chi connectivity index (χ3n) is 3.82. The van der Waals surface area contributed by atoms with Gasteiger partial charge in [-0.1, -0.05) is 34.5 Å². The Morgan fingerprint density at radius 1 is 1.39 bits per heavy atom. The number of carbonyl (C=O) groups excluding carboxylic acids is 1. The molecule has 0 spiro atoms. The summed E-state index contributed by atoms with van der Waals surface area (Å²) in [5, 5.41) is 3.34. The molecule has 0 saturated carbocycles. The summed E-state index contributed by atoms with van der Waals surface area (Å²) in [5.74, 6) is -0.0522. The van der Waals surface area contributed by atoms with Crippen LogP contribution in [-0.2, 0) is 10.0 Å². The highest BCUT2D eigenvalue weighted by atomic mass is 79.9. The largest absolute Gasteiger partial charge is 0.349 e. The molecule has 128 valence electrons. The van der Waals surface area contributed by atoms with Crippen LogP contribution in [-0.4, -0.2) is 43.5 Å². The highest BCUT2D eigenvalue weighted by Gasteiger charge is 2.28. The Hall–Kier alpha value is -0.630. The molecule has 0 unspecified atom stereocenters. The van der Waals surface area contributed by atoms with Crippen molar-refractivity contribution < 1.29 is 13.2 Å². The molecule has 0 radical (unpaired) electrons. The van der Waals surface area contributed by atoms with Crippen LogP contribution < -0.4 is 5.32 Å². The van der Waals surface area contributed by atoms with Crippen LogP contribution >= 0.6 is 27.5 Å². The zero-order valence-corrected chi connectivity index (χ0v) is 16.0. The Labute approximate surface area is 150 Å². The minimum Gasteiger partial charge on any atom is -0.349 e. The average Bonchev–Trinajstić information content (AvgIpc) is 2.50. The molecular formula is C15H20BrClN2O3S. The standard InChI is InChI=1S/C15H20BrClN2O3S/c1-2-9-23(21,22)19-7-5-12(6-8-19)18-15(20)13-10-11(16)3-4-14(13)17/h3-4,10,12H,2,5-9H2,1H3,(H,18,20). The van der Waals surface area contributed by atoms with Gasteiger partial charge in [0, 0.05) is 23.6 Å². The molecule has 1 aromatic carbocycles. The number of hydrogen-bond donors (Lipinski definition) is 1. The predicted molar refractivity (Wildman–Crippen MR) is 95.3 cm³/mol. The zero-order valence-electron chi connectivity index (χ0n) is 12.9. The number of rotatable bonds is 5. The normalized spacial score (nSPS) is 17.2. The second kappa shape index (κ2) is 7.96. The van der Waals surface area contributed by atoms with E-state index in [0.717, 1.165) is 4.47 Å². The number of piperidine rings is 1. The second-order valence-electron chi connectivity index (χ2n) is 5.59. The van der Waals surface area contributed by atoms with E-state index in [-0.39, 0.29) is 17.7 Å². The van der Waals surface area contributed by atoms with Crippen molar-refractivity contribution in [2.24, 2.45) is 0 Å². The van der Waals surface area contributed by atoms with Gasteiger partial charge in [-0.3, -0.25) is 4.79 Å². The Kier molecular flexibility index (Phi) is 6.48. The second-order valence-corrected chi connectivity index (χ2v) is 9.00. The van der Waals surface area contributed by atoms with E-state index in [9.17, 15) is 13.2 Å². The van der Waals surface area contributed by atoms with Crippen LogP contribution in [0.15, 0.2) is 22.7 Å². The van der Waals surface area contributed by atoms with Crippen LogP contribution in [0.1, 0.15) is 36.5 Å². The highest BCUT2D eigenvalue weighted by molar-refractivity contribution is 9.10. The molecule has 1 N–H and O–H groups in total. The number of benzene rings is 1. The molecule has 0 bridgehead atoms. The summed E-state index contributed by atoms with van der Waals surface area (Å²) in [7, 11) is -3.16. The van der Waals surface area contributed by atoms with Crippen molar-refractivity contribution in [1.29, 1.82) is 0 Å². The topological polar surface area (TPSA) is 66.5 Å². The minimum atomic E-state index is -3.16. The molecule has 1 aliphatic rings. The van der Waals surface area contributed by atoms with Gasteiger partial charge in [0.1, 0.15) is 0 Å². The number of halogens is 2. The van der Waals surface area contributed by atoms with Crippen LogP contribution in [0.4, 0.5) is 0 Å². The molecule has 8 heteroatoms. The lowest BCUT2D eigenvalue weighted by Gasteiger charge is -2.31. The van der Waals surface area contributed by atoms with Gasteiger partial charge in [-0.2, -0.15) is 0 Å². The Balaban J connectivity index is 1.94. The molecule has 0 atom stereocenters. The lowest BCUT2D eigenvalue weighted by atomic mass is 10.1. The van der Waals surface area contributed by atoms with Gasteiger partial charge in [0.05, 0.1) is 16.3 Å². The molecule has 1 aromatic rings. The first-order valence-corrected chi connectivity index (χ1v) is 10.3. The summed E-state index contributed by atoms with van der Waals surface area (Å²) in [4.78, 5) is 12.3. The van der Waals surface area contributed by atoms with Gasteiger partial charge < -0.3 is 5.32 Å². The van der Waals surface area contributed by atoms with Crippen molar-refractivity contribution in [3.05, 3.63) is 33.3 Å². The van der Waals surface area contributed by atoms with E-state index in [2.05, 4.69) is 21.2 Å². The summed E-state index contributed by atoms with van der Waals surface area (Å²) >= 11 is 9.38. The minimum absolute atomic E-state index is 0.0365. The fourth-order valence-electron chi connectivity index (χ4n) is 2.60. The van der Waals surface area contributed by atoms with Gasteiger partial charge in [0.15, 0.2) is 0 Å². The lowest BCUT2D eigenvalue weighted by Crippen LogP contribution is -2.47. The number of nitrogens with zero attached hydrogens (tertiary/aromatic N) is 1. The quantitative estimate of drug-likeness (QED) is 0.791. The smallest absolute Gasteiger partial charge is 0.253 e. The molecule has 1 fully saturated rings. The van der Waals surface area contributed by atoms with Crippen molar-refractivity contribution in [1.82, 2.24) is 9.62 Å². The molecular weight excluding hydrogens is 404 g/mol. The molecule has 23 heavy (non-hydrogen) atoms. The van der Waals surface area contributed by atoms with Crippen molar-refractivity contribution in [2.75, 3.05) is 18.8 Å². The third kappa shape index (κ3) is 4.92. The monoisotopic (exact) mass is 422 g/mol. The molecule has 1 aliphatic heterocycles. The third-order valence-corrected chi connectivity index (χ3v) is 6.72. The summed E-state index contributed by atoms with van der Waals surface area (Å²) in [6.45, 7) is 2.74. The van der Waals surface area contributed by atoms with E-state index in [4.69, 9.17) is 11.6 Å². The molecule has 1 amide bonds. The summed E-state index contributed by atoms with van der Waals surface area (Å²) in [6, 6.07) is 5.08. The SMILES string of the molecule is CCCS(=O)(=O)N1CCC(NC(=O)c2cc(Br)ccc2Cl)CC1. The van der Waals surface area contributed by atoms with Crippen molar-refractivity contribution in [2.45, 2.75) is 32.2 Å². The van der Waals surface area contributed by atoms with Crippen LogP contribution in [0.2, 0.25) is 5.02 Å². The number of sulfonamides is 1. The lowest BCUT2D eigenvalue weighted by molar-refractivity contribution is 0.0924. The first-order valence-electron chi connectivity index (χ1n) is 7.57. The Morgan fingerprint density at radius 2 is 2.04 bits per heavy atom. The number of carbonyl (C=O) groups is 1. The van der Waals surface area contributed by atoms with E-state index in [1.807, 2.05) is 6.92 Å². The van der Waals surface area contributed by atoms with Gasteiger partial charge in [-0.05, 0) is 37.5 Å². The zero-order chi connectivity index (χ0) is 17.0. The predicted octanol–water partition coefficient (Wildman–Crippen LogP) is 3.04. The van der Waals surface area contributed by atoms with E-state index >= 15 is 0 Å². The van der Waals surface area contributed by atoms with Gasteiger partial charge in [0.25, 0.3) is 5.91 Å². The van der Waals surface area contributed by atoms with E-state index < -0.39 is 10.0 Å². The summed E-state index contributed by atoms with van der Waals surface area (Å²) in [6.07, 6.45) is 1.83. The van der Waals surface area contributed by atoms with E-state index in [1.54, 1.807) is 18.2 Å². The number of nitrogens with one attached hydrogen (secondary N) is 1. The van der Waals surface area contributed by atoms with Crippen LogP contribution in [0.25, 0.3) is 0 Å². The van der Waals surface area contributed by atoms with E-state index in [0.29, 0.717) is 42.9 Å². The van der Waals surface area contributed by atoms with Crippen LogP contribution in [0, 0.1) is 0 Å². The first kappa shape index (κ1) is 18.7. The maximum atomic E-state index is 12.3. The molecule has 1 heterocycles. The Morgan fingerprint density at radius 3 is 2.65 bits per heavy atom. The molecule has 2 rings (SSSR count). The van der Waals surface area contributed by atoms with Gasteiger partial charge in [-0.25, -0.2) is 12.7 Å². The average molecular weight is 424 g/mol. The first-order chi connectivity index (χ1) is 10.8. The van der Waals surface area contributed by atoms with Crippen molar-refractivity contribution in [3.63, 3.8) is 0 Å². The fourth-order valence-corrected chi connectivity index (χ4v) is 4.71. The van der Waals surface area contributed by atoms with Crippen molar-refractivity contribution in [3.8, 4) is 0 Å². The maximum Gasteiger partial charge on any atom is 0.253 e. The van der Waals surface area contributed by atoms with Gasteiger partial charge >= 0.3 is 0 Å². The Bertz CT molecular complexity index is 673. The van der Waals surface area contributed by atoms with Crippen molar-refractivity contribution >= 4 is 43.5 Å². The number of hydrogen-bond acceptors (Lipinski definition) is 3. The van der Waals surface area contributed by atoms with Crippen LogP contribution in [0.5, 0.6) is 0 Å². The van der Waals surface area contributed by atoms with Gasteiger partial charge in [0.2, 0.25) is 10.0 Å². The highest BCUT2D eigenvalue weighted by Crippen LogP contribution is 2.22. The van der Waals surface area contributed by atoms with Crippen LogP contribution in [0.3, 0.4) is 0 Å². The van der Waals surface area contributed by atoms with Gasteiger partial charge in [-0.15, -0.1) is 0 Å². The molecule has 5 nitrogen and oxygen atoms in total. The maximum absolute atomic E-state index is 12.3. The van der Waals surface area contributed by atoms with E-state index in [1.165, 1.54) is 4.31 Å². The fraction of sp³-hybridized carbons (Fsp3) is 0.533. The molecule has 0 aliphatic carbocycles. The summed E-state index contributed by atoms with van der Waals surface area (Å²) in [5.41, 5.74) is 0.419. The summed E-state index contributed by atoms with van der Waals surface area (Å²) < 4.78 is 26.4. The molecule has 0 aromatic heterocycles. The number of amides is 1. The molecule has 1 saturated heterocycles.